The van der Waals surface area contributed by atoms with Crippen LogP contribution in [0.25, 0.3) is 0 Å². The Hall–Kier alpha value is -2.77. The molecule has 0 atom stereocenters. The molecule has 0 unspecified atom stereocenters. The van der Waals surface area contributed by atoms with E-state index in [0.29, 0.717) is 5.69 Å². The molecule has 2 rings (SSSR count). The second-order valence-corrected chi connectivity index (χ2v) is 3.59. The number of nitro benzene ring substituents is 1. The van der Waals surface area contributed by atoms with Gasteiger partial charge in [0.15, 0.2) is 0 Å². The Morgan fingerprint density at radius 2 is 2.21 bits per heavy atom. The summed E-state index contributed by atoms with van der Waals surface area (Å²) in [6, 6.07) is 3.85. The van der Waals surface area contributed by atoms with E-state index in [1.165, 1.54) is 6.07 Å². The maximum atomic E-state index is 13.0. The number of nitro groups is 1. The Morgan fingerprint density at radius 1 is 1.47 bits per heavy atom. The molecule has 98 valence electrons. The van der Waals surface area contributed by atoms with Crippen molar-refractivity contribution in [1.29, 1.82) is 0 Å². The molecule has 1 heterocycles. The van der Waals surface area contributed by atoms with Crippen LogP contribution in [0.5, 0.6) is 5.75 Å². The molecule has 0 saturated heterocycles. The number of rotatable bonds is 3. The minimum absolute atomic E-state index is 0.226. The van der Waals surface area contributed by atoms with E-state index in [1.54, 1.807) is 6.92 Å². The third-order valence-corrected chi connectivity index (χ3v) is 2.15. The summed E-state index contributed by atoms with van der Waals surface area (Å²) in [5.41, 5.74) is -0.0771. The smallest absolute Gasteiger partial charge is 0.382 e. The highest BCUT2D eigenvalue weighted by Gasteiger charge is 2.21. The molecule has 7 nitrogen and oxygen atoms in total. The van der Waals surface area contributed by atoms with Crippen molar-refractivity contribution in [2.75, 3.05) is 0 Å². The van der Waals surface area contributed by atoms with Crippen LogP contribution in [0.4, 0.5) is 10.1 Å². The largest absolute Gasteiger partial charge is 0.413 e. The van der Waals surface area contributed by atoms with Crippen molar-refractivity contribution in [3.63, 3.8) is 0 Å². The molecule has 0 spiro atoms. The highest BCUT2D eigenvalue weighted by Crippen LogP contribution is 2.28. The van der Waals surface area contributed by atoms with E-state index in [4.69, 9.17) is 4.74 Å². The number of halogens is 1. The van der Waals surface area contributed by atoms with Gasteiger partial charge < -0.3 is 9.26 Å². The third kappa shape index (κ3) is 2.73. The van der Waals surface area contributed by atoms with Gasteiger partial charge in [-0.2, -0.15) is 0 Å². The first-order chi connectivity index (χ1) is 8.97. The van der Waals surface area contributed by atoms with Crippen LogP contribution in [0.3, 0.4) is 0 Å². The topological polar surface area (TPSA) is 95.5 Å². The fourth-order valence-electron chi connectivity index (χ4n) is 1.33. The van der Waals surface area contributed by atoms with Gasteiger partial charge >= 0.3 is 11.7 Å². The van der Waals surface area contributed by atoms with E-state index in [2.05, 4.69) is 9.68 Å². The predicted octanol–water partition coefficient (Wildman–Crippen LogP) is 2.25. The molecule has 0 amide bonds. The van der Waals surface area contributed by atoms with E-state index in [-0.39, 0.29) is 5.76 Å². The molecule has 0 radical (unpaired) electrons. The highest BCUT2D eigenvalue weighted by atomic mass is 19.1. The number of carbonyl (C=O) groups is 1. The Morgan fingerprint density at radius 3 is 2.79 bits per heavy atom. The number of carbonyl (C=O) groups excluding carboxylic acids is 1. The van der Waals surface area contributed by atoms with Gasteiger partial charge in [0.1, 0.15) is 5.82 Å². The minimum atomic E-state index is -0.991. The van der Waals surface area contributed by atoms with Crippen molar-refractivity contribution in [1.82, 2.24) is 5.16 Å². The monoisotopic (exact) mass is 266 g/mol. The number of ether oxygens (including phenoxy) is 1. The molecule has 0 N–H and O–H groups in total. The van der Waals surface area contributed by atoms with Crippen LogP contribution in [0.1, 0.15) is 16.2 Å². The van der Waals surface area contributed by atoms with Gasteiger partial charge in [-0.3, -0.25) is 10.1 Å². The number of nitrogens with zero attached hydrogens (tertiary/aromatic N) is 2. The van der Waals surface area contributed by atoms with Gasteiger partial charge in [-0.15, -0.1) is 0 Å². The fourth-order valence-corrected chi connectivity index (χ4v) is 1.33. The van der Waals surface area contributed by atoms with Crippen LogP contribution >= 0.6 is 0 Å². The van der Waals surface area contributed by atoms with Crippen molar-refractivity contribution in [3.05, 3.63) is 51.7 Å². The molecule has 0 aliphatic heterocycles. The van der Waals surface area contributed by atoms with Crippen LogP contribution < -0.4 is 4.74 Å². The second-order valence-electron chi connectivity index (χ2n) is 3.59. The average Bonchev–Trinajstić information content (AvgIpc) is 2.75. The molecular weight excluding hydrogens is 259 g/mol. The van der Waals surface area contributed by atoms with Crippen LogP contribution in [0.15, 0.2) is 28.8 Å². The van der Waals surface area contributed by atoms with Crippen molar-refractivity contribution in [2.24, 2.45) is 0 Å². The first kappa shape index (κ1) is 12.7. The van der Waals surface area contributed by atoms with Gasteiger partial charge in [0.05, 0.1) is 10.6 Å². The van der Waals surface area contributed by atoms with Gasteiger partial charge in [-0.05, 0) is 13.0 Å². The molecule has 0 aliphatic carbocycles. The van der Waals surface area contributed by atoms with Crippen molar-refractivity contribution >= 4 is 11.7 Å². The van der Waals surface area contributed by atoms with E-state index < -0.39 is 28.1 Å². The maximum Gasteiger partial charge on any atom is 0.382 e. The van der Waals surface area contributed by atoms with Crippen molar-refractivity contribution in [3.8, 4) is 5.75 Å². The van der Waals surface area contributed by atoms with Gasteiger partial charge in [0, 0.05) is 18.2 Å². The zero-order valence-electron chi connectivity index (χ0n) is 9.62. The molecule has 0 saturated carbocycles. The summed E-state index contributed by atoms with van der Waals surface area (Å²) in [5, 5.41) is 14.2. The Bertz CT molecular complexity index is 652. The quantitative estimate of drug-likeness (QED) is 0.366. The lowest BCUT2D eigenvalue weighted by molar-refractivity contribution is -0.385. The minimum Gasteiger partial charge on any atom is -0.413 e. The lowest BCUT2D eigenvalue weighted by Crippen LogP contribution is -2.09. The predicted molar refractivity (Wildman–Crippen MR) is 59.3 cm³/mol. The molecule has 1 aromatic carbocycles. The number of hydrogen-bond donors (Lipinski definition) is 0. The van der Waals surface area contributed by atoms with Crippen LogP contribution in [0.2, 0.25) is 0 Å². The lowest BCUT2D eigenvalue weighted by atomic mass is 10.3. The molecule has 0 aliphatic rings. The number of hydrogen-bond acceptors (Lipinski definition) is 6. The van der Waals surface area contributed by atoms with E-state index in [9.17, 15) is 19.3 Å². The molecule has 1 aromatic heterocycles. The standard InChI is InChI=1S/C11H7FN2O5/c1-6-4-10(19-13-6)11(15)18-9-5-7(12)2-3-8(9)14(16)17/h2-5H,1H3. The summed E-state index contributed by atoms with van der Waals surface area (Å²) < 4.78 is 22.4. The Labute approximate surface area is 105 Å². The summed E-state index contributed by atoms with van der Waals surface area (Å²) in [4.78, 5) is 21.5. The lowest BCUT2D eigenvalue weighted by Gasteiger charge is -2.02. The fraction of sp³-hybridized carbons (Fsp3) is 0.0909. The van der Waals surface area contributed by atoms with Gasteiger partial charge in [-0.25, -0.2) is 9.18 Å². The molecule has 0 bridgehead atoms. The van der Waals surface area contributed by atoms with E-state index in [1.807, 2.05) is 0 Å². The van der Waals surface area contributed by atoms with E-state index >= 15 is 0 Å². The number of benzene rings is 1. The SMILES string of the molecule is Cc1cc(C(=O)Oc2cc(F)ccc2[N+](=O)[O-])on1. The average molecular weight is 266 g/mol. The molecular formula is C11H7FN2O5. The molecule has 2 aromatic rings. The van der Waals surface area contributed by atoms with Gasteiger partial charge in [0.2, 0.25) is 11.5 Å². The number of aryl methyl sites for hydroxylation is 1. The Kier molecular flexibility index (Phi) is 3.23. The van der Waals surface area contributed by atoms with Crippen molar-refractivity contribution < 1.29 is 23.4 Å². The summed E-state index contributed by atoms with van der Waals surface area (Å²) in [7, 11) is 0. The summed E-state index contributed by atoms with van der Waals surface area (Å²) >= 11 is 0. The number of esters is 1. The first-order valence-corrected chi connectivity index (χ1v) is 5.07. The van der Waals surface area contributed by atoms with Gasteiger partial charge in [-0.1, -0.05) is 5.16 Å². The zero-order valence-corrected chi connectivity index (χ0v) is 9.62. The zero-order chi connectivity index (χ0) is 14.0. The highest BCUT2D eigenvalue weighted by molar-refractivity contribution is 5.88. The number of aromatic nitrogens is 1. The molecule has 19 heavy (non-hydrogen) atoms. The summed E-state index contributed by atoms with van der Waals surface area (Å²) in [5.74, 6) is -2.48. The maximum absolute atomic E-state index is 13.0. The van der Waals surface area contributed by atoms with Crippen LogP contribution in [0, 0.1) is 22.9 Å². The first-order valence-electron chi connectivity index (χ1n) is 5.07. The van der Waals surface area contributed by atoms with Crippen molar-refractivity contribution in [2.45, 2.75) is 6.92 Å². The van der Waals surface area contributed by atoms with Gasteiger partial charge in [0.25, 0.3) is 0 Å². The normalized spacial score (nSPS) is 10.2. The molecule has 8 heteroatoms. The van der Waals surface area contributed by atoms with E-state index in [0.717, 1.165) is 18.2 Å². The second kappa shape index (κ2) is 4.84. The Balaban J connectivity index is 2.30. The summed E-state index contributed by atoms with van der Waals surface area (Å²) in [6.45, 7) is 1.59. The molecule has 0 fully saturated rings. The van der Waals surface area contributed by atoms with Crippen LogP contribution in [-0.2, 0) is 0 Å². The van der Waals surface area contributed by atoms with Crippen LogP contribution in [-0.4, -0.2) is 16.0 Å². The summed E-state index contributed by atoms with van der Waals surface area (Å²) in [6.07, 6.45) is 0. The third-order valence-electron chi connectivity index (χ3n) is 2.15.